The minimum Gasteiger partial charge on any atom is -0.340 e. The summed E-state index contributed by atoms with van der Waals surface area (Å²) in [4.78, 5) is 27.3. The fraction of sp³-hybridized carbons (Fsp3) is 0.500. The lowest BCUT2D eigenvalue weighted by atomic mass is 9.86. The van der Waals surface area contributed by atoms with Crippen molar-refractivity contribution in [3.05, 3.63) is 53.3 Å². The monoisotopic (exact) mass is 384 g/mol. The summed E-state index contributed by atoms with van der Waals surface area (Å²) >= 11 is 0. The topological polar surface area (TPSA) is 67.2 Å². The number of carbonyl (C=O) groups is 2. The van der Waals surface area contributed by atoms with Gasteiger partial charge in [0.05, 0.1) is 6.20 Å². The molecular weight excluding hydrogens is 352 g/mol. The van der Waals surface area contributed by atoms with Crippen LogP contribution in [0, 0.1) is 5.92 Å². The van der Waals surface area contributed by atoms with E-state index in [4.69, 9.17) is 0 Å². The molecule has 0 unspecified atom stereocenters. The second-order valence-electron chi connectivity index (χ2n) is 8.74. The normalized spacial score (nSPS) is 12.7. The quantitative estimate of drug-likeness (QED) is 0.832. The summed E-state index contributed by atoms with van der Waals surface area (Å²) in [7, 11) is 3.59. The van der Waals surface area contributed by atoms with Crippen LogP contribution in [0.4, 0.5) is 0 Å². The molecule has 6 heteroatoms. The summed E-state index contributed by atoms with van der Waals surface area (Å²) < 4.78 is 1.70. The standard InChI is InChI=1S/C22H32N4O2/c1-15(2)19(21(28)25(6)13-16-12-23-26(7)14-16)24-20(27)17-8-10-18(11-9-17)22(3,4)5/h8-12,14-15,19H,13H2,1-7H3,(H,24,27)/t19-/m0/s1. The number of amides is 2. The van der Waals surface area contributed by atoms with E-state index in [2.05, 4.69) is 31.2 Å². The summed E-state index contributed by atoms with van der Waals surface area (Å²) in [5.41, 5.74) is 2.70. The number of hydrogen-bond donors (Lipinski definition) is 1. The maximum atomic E-state index is 12.9. The van der Waals surface area contributed by atoms with Gasteiger partial charge in [-0.2, -0.15) is 5.10 Å². The Morgan fingerprint density at radius 2 is 1.79 bits per heavy atom. The lowest BCUT2D eigenvalue weighted by molar-refractivity contribution is -0.133. The average Bonchev–Trinajstić information content (AvgIpc) is 3.02. The molecule has 2 aromatic rings. The first kappa shape index (κ1) is 21.7. The van der Waals surface area contributed by atoms with E-state index in [9.17, 15) is 9.59 Å². The minimum atomic E-state index is -0.587. The van der Waals surface area contributed by atoms with Gasteiger partial charge in [-0.3, -0.25) is 14.3 Å². The lowest BCUT2D eigenvalue weighted by Gasteiger charge is -2.27. The molecule has 6 nitrogen and oxygen atoms in total. The SMILES string of the molecule is CC(C)[C@H](NC(=O)c1ccc(C(C)(C)C)cc1)C(=O)N(C)Cc1cnn(C)c1. The molecule has 2 rings (SSSR count). The van der Waals surface area contributed by atoms with Crippen LogP contribution in [0.1, 0.15) is 56.1 Å². The van der Waals surface area contributed by atoms with Gasteiger partial charge in [0.25, 0.3) is 5.91 Å². The van der Waals surface area contributed by atoms with Gasteiger partial charge in [-0.1, -0.05) is 46.8 Å². The second kappa shape index (κ2) is 8.59. The van der Waals surface area contributed by atoms with Crippen molar-refractivity contribution in [3.63, 3.8) is 0 Å². The molecule has 0 bridgehead atoms. The number of nitrogens with one attached hydrogen (secondary N) is 1. The zero-order chi connectivity index (χ0) is 21.1. The number of likely N-dealkylation sites (N-methyl/N-ethyl adjacent to an activating group) is 1. The maximum absolute atomic E-state index is 12.9. The molecule has 0 spiro atoms. The van der Waals surface area contributed by atoms with Crippen molar-refractivity contribution in [1.82, 2.24) is 20.0 Å². The van der Waals surface area contributed by atoms with Crippen LogP contribution in [0.2, 0.25) is 0 Å². The second-order valence-corrected chi connectivity index (χ2v) is 8.74. The van der Waals surface area contributed by atoms with Gasteiger partial charge in [0, 0.05) is 38.0 Å². The van der Waals surface area contributed by atoms with Crippen LogP contribution >= 0.6 is 0 Å². The number of carbonyl (C=O) groups excluding carboxylic acids is 2. The molecule has 0 saturated carbocycles. The highest BCUT2D eigenvalue weighted by molar-refractivity contribution is 5.97. The fourth-order valence-electron chi connectivity index (χ4n) is 3.00. The molecule has 0 fully saturated rings. The first-order valence-electron chi connectivity index (χ1n) is 9.63. The van der Waals surface area contributed by atoms with Crippen LogP contribution in [0.15, 0.2) is 36.7 Å². The molecule has 0 aliphatic rings. The van der Waals surface area contributed by atoms with Gasteiger partial charge in [0.2, 0.25) is 5.91 Å². The van der Waals surface area contributed by atoms with E-state index in [-0.39, 0.29) is 23.1 Å². The molecule has 152 valence electrons. The Labute approximate surface area is 167 Å². The summed E-state index contributed by atoms with van der Waals surface area (Å²) in [6.45, 7) is 10.7. The van der Waals surface area contributed by atoms with Crippen molar-refractivity contribution >= 4 is 11.8 Å². The van der Waals surface area contributed by atoms with Gasteiger partial charge >= 0.3 is 0 Å². The third-order valence-corrected chi connectivity index (χ3v) is 4.79. The average molecular weight is 385 g/mol. The van der Waals surface area contributed by atoms with E-state index in [1.807, 2.05) is 51.4 Å². The predicted molar refractivity (Wildman–Crippen MR) is 111 cm³/mol. The highest BCUT2D eigenvalue weighted by Crippen LogP contribution is 2.22. The zero-order valence-corrected chi connectivity index (χ0v) is 18.0. The molecule has 1 aromatic heterocycles. The van der Waals surface area contributed by atoms with E-state index >= 15 is 0 Å². The van der Waals surface area contributed by atoms with Crippen molar-refractivity contribution in [2.45, 2.75) is 52.6 Å². The Morgan fingerprint density at radius 1 is 1.18 bits per heavy atom. The third kappa shape index (κ3) is 5.44. The molecular formula is C22H32N4O2. The summed E-state index contributed by atoms with van der Waals surface area (Å²) in [6.07, 6.45) is 3.62. The van der Waals surface area contributed by atoms with E-state index in [1.165, 1.54) is 0 Å². The van der Waals surface area contributed by atoms with Gasteiger partial charge in [-0.15, -0.1) is 0 Å². The van der Waals surface area contributed by atoms with E-state index in [0.29, 0.717) is 12.1 Å². The Balaban J connectivity index is 2.08. The van der Waals surface area contributed by atoms with Crippen molar-refractivity contribution in [2.75, 3.05) is 7.05 Å². The molecule has 1 atom stereocenters. The number of nitrogens with zero attached hydrogens (tertiary/aromatic N) is 3. The summed E-state index contributed by atoms with van der Waals surface area (Å²) in [5.74, 6) is -0.373. The van der Waals surface area contributed by atoms with Crippen molar-refractivity contribution in [3.8, 4) is 0 Å². The van der Waals surface area contributed by atoms with Gasteiger partial charge in [0.15, 0.2) is 0 Å². The predicted octanol–water partition coefficient (Wildman–Crippen LogP) is 3.13. The Kier molecular flexibility index (Phi) is 6.65. The van der Waals surface area contributed by atoms with Crippen molar-refractivity contribution < 1.29 is 9.59 Å². The molecule has 0 aliphatic heterocycles. The number of rotatable bonds is 6. The Hall–Kier alpha value is -2.63. The molecule has 2 amide bonds. The minimum absolute atomic E-state index is 0.0263. The van der Waals surface area contributed by atoms with E-state index < -0.39 is 6.04 Å². The van der Waals surface area contributed by atoms with E-state index in [1.54, 1.807) is 22.8 Å². The Morgan fingerprint density at radius 3 is 2.25 bits per heavy atom. The highest BCUT2D eigenvalue weighted by atomic mass is 16.2. The maximum Gasteiger partial charge on any atom is 0.251 e. The van der Waals surface area contributed by atoms with Gasteiger partial charge in [-0.25, -0.2) is 0 Å². The molecule has 0 saturated heterocycles. The zero-order valence-electron chi connectivity index (χ0n) is 18.0. The highest BCUT2D eigenvalue weighted by Gasteiger charge is 2.27. The number of aryl methyl sites for hydroxylation is 1. The molecule has 1 aromatic carbocycles. The van der Waals surface area contributed by atoms with Crippen LogP contribution in [-0.4, -0.2) is 39.6 Å². The largest absolute Gasteiger partial charge is 0.340 e. The van der Waals surface area contributed by atoms with Crippen molar-refractivity contribution in [2.24, 2.45) is 13.0 Å². The van der Waals surface area contributed by atoms with Crippen LogP contribution in [-0.2, 0) is 23.8 Å². The Bertz CT molecular complexity index is 816. The van der Waals surface area contributed by atoms with Crippen LogP contribution in [0.25, 0.3) is 0 Å². The smallest absolute Gasteiger partial charge is 0.251 e. The van der Waals surface area contributed by atoms with E-state index in [0.717, 1.165) is 11.1 Å². The van der Waals surface area contributed by atoms with Gasteiger partial charge in [0.1, 0.15) is 6.04 Å². The molecule has 1 heterocycles. The number of aromatic nitrogens is 2. The van der Waals surface area contributed by atoms with Crippen LogP contribution in [0.3, 0.4) is 0 Å². The first-order valence-corrected chi connectivity index (χ1v) is 9.63. The van der Waals surface area contributed by atoms with Gasteiger partial charge in [-0.05, 0) is 29.0 Å². The lowest BCUT2D eigenvalue weighted by Crippen LogP contribution is -2.50. The first-order chi connectivity index (χ1) is 13.0. The van der Waals surface area contributed by atoms with Gasteiger partial charge < -0.3 is 10.2 Å². The molecule has 0 radical (unpaired) electrons. The van der Waals surface area contributed by atoms with Crippen LogP contribution in [0.5, 0.6) is 0 Å². The summed E-state index contributed by atoms with van der Waals surface area (Å²) in [5, 5.41) is 7.04. The fourth-order valence-corrected chi connectivity index (χ4v) is 3.00. The summed E-state index contributed by atoms with van der Waals surface area (Å²) in [6, 6.07) is 6.98. The molecule has 0 aliphatic carbocycles. The van der Waals surface area contributed by atoms with Crippen LogP contribution < -0.4 is 5.32 Å². The third-order valence-electron chi connectivity index (χ3n) is 4.79. The molecule has 28 heavy (non-hydrogen) atoms. The van der Waals surface area contributed by atoms with Crippen molar-refractivity contribution in [1.29, 1.82) is 0 Å². The number of hydrogen-bond acceptors (Lipinski definition) is 3. The molecule has 1 N–H and O–H groups in total. The number of benzene rings is 1.